The summed E-state index contributed by atoms with van der Waals surface area (Å²) in [5.41, 5.74) is 4.50. The van der Waals surface area contributed by atoms with Crippen LogP contribution in [-0.4, -0.2) is 9.38 Å². The summed E-state index contributed by atoms with van der Waals surface area (Å²) in [5.74, 6) is 0. The van der Waals surface area contributed by atoms with Crippen molar-refractivity contribution < 1.29 is 0 Å². The number of nitrogens with zero attached hydrogens (tertiary/aromatic N) is 2. The summed E-state index contributed by atoms with van der Waals surface area (Å²) in [5, 5.41) is 1.69. The molecule has 0 N–H and O–H groups in total. The normalized spacial score (nSPS) is 11.7. The molecule has 0 aliphatic heterocycles. The summed E-state index contributed by atoms with van der Waals surface area (Å²) < 4.78 is 1.98. The standard InChI is InChI=1S/C20H12N2O/c23-20-15-10-5-4-9-14(15)19-18(13-7-2-1-3-8-13)21-17-12-6-11-16(20)22(17)19/h1-12H. The van der Waals surface area contributed by atoms with Crippen LogP contribution in [-0.2, 0) is 0 Å². The molecule has 0 atom stereocenters. The predicted molar refractivity (Wildman–Crippen MR) is 93.1 cm³/mol. The Bertz CT molecular complexity index is 1220. The SMILES string of the molecule is O=c1c2ccccc2c2c(-c3ccccc3)nc3cccc1n32. The van der Waals surface area contributed by atoms with Gasteiger partial charge in [-0.15, -0.1) is 0 Å². The first-order valence-corrected chi connectivity index (χ1v) is 7.55. The molecule has 5 aromatic rings. The van der Waals surface area contributed by atoms with Gasteiger partial charge in [-0.25, -0.2) is 4.98 Å². The highest BCUT2D eigenvalue weighted by atomic mass is 16.1. The number of fused-ring (bicyclic) bond motifs is 2. The van der Waals surface area contributed by atoms with Crippen LogP contribution in [0.15, 0.2) is 77.6 Å². The van der Waals surface area contributed by atoms with E-state index in [2.05, 4.69) is 12.1 Å². The largest absolute Gasteiger partial charge is 0.288 e. The molecular weight excluding hydrogens is 284 g/mol. The number of hydrogen-bond acceptors (Lipinski definition) is 2. The molecule has 3 aromatic heterocycles. The molecule has 3 heteroatoms. The highest BCUT2D eigenvalue weighted by Crippen LogP contribution is 2.31. The molecule has 0 unspecified atom stereocenters. The second-order valence-electron chi connectivity index (χ2n) is 5.65. The Morgan fingerprint density at radius 3 is 2.30 bits per heavy atom. The average molecular weight is 296 g/mol. The molecule has 23 heavy (non-hydrogen) atoms. The van der Waals surface area contributed by atoms with E-state index in [1.54, 1.807) is 0 Å². The van der Waals surface area contributed by atoms with Crippen molar-refractivity contribution in [3.63, 3.8) is 0 Å². The van der Waals surface area contributed by atoms with Crippen molar-refractivity contribution >= 4 is 27.5 Å². The zero-order valence-electron chi connectivity index (χ0n) is 12.2. The summed E-state index contributed by atoms with van der Waals surface area (Å²) >= 11 is 0. The van der Waals surface area contributed by atoms with E-state index in [0.29, 0.717) is 5.52 Å². The first-order chi connectivity index (χ1) is 11.3. The molecule has 108 valence electrons. The monoisotopic (exact) mass is 296 g/mol. The van der Waals surface area contributed by atoms with E-state index in [4.69, 9.17) is 4.98 Å². The molecule has 0 aliphatic carbocycles. The van der Waals surface area contributed by atoms with Crippen LogP contribution in [0.3, 0.4) is 0 Å². The molecule has 0 radical (unpaired) electrons. The lowest BCUT2D eigenvalue weighted by Crippen LogP contribution is -2.07. The van der Waals surface area contributed by atoms with E-state index in [0.717, 1.165) is 33.2 Å². The third-order valence-corrected chi connectivity index (χ3v) is 4.35. The minimum absolute atomic E-state index is 0.0516. The number of aromatic nitrogens is 2. The third kappa shape index (κ3) is 1.59. The van der Waals surface area contributed by atoms with Crippen LogP contribution in [0.5, 0.6) is 0 Å². The molecule has 2 aromatic carbocycles. The van der Waals surface area contributed by atoms with Gasteiger partial charge in [0.2, 0.25) is 5.43 Å². The van der Waals surface area contributed by atoms with Crippen molar-refractivity contribution in [1.82, 2.24) is 9.38 Å². The maximum atomic E-state index is 12.8. The topological polar surface area (TPSA) is 34.4 Å². The average Bonchev–Trinajstić information content (AvgIpc) is 3.01. The quantitative estimate of drug-likeness (QED) is 0.436. The molecular formula is C20H12N2O. The Morgan fingerprint density at radius 2 is 1.48 bits per heavy atom. The van der Waals surface area contributed by atoms with E-state index in [1.165, 1.54) is 0 Å². The van der Waals surface area contributed by atoms with Gasteiger partial charge in [-0.2, -0.15) is 0 Å². The van der Waals surface area contributed by atoms with E-state index >= 15 is 0 Å². The maximum absolute atomic E-state index is 12.8. The van der Waals surface area contributed by atoms with Crippen LogP contribution in [0.1, 0.15) is 0 Å². The van der Waals surface area contributed by atoms with E-state index < -0.39 is 0 Å². The highest BCUT2D eigenvalue weighted by Gasteiger charge is 2.17. The van der Waals surface area contributed by atoms with Gasteiger partial charge >= 0.3 is 0 Å². The van der Waals surface area contributed by atoms with Crippen molar-refractivity contribution in [1.29, 1.82) is 0 Å². The van der Waals surface area contributed by atoms with Crippen LogP contribution < -0.4 is 5.43 Å². The second-order valence-corrected chi connectivity index (χ2v) is 5.65. The molecule has 0 fully saturated rings. The Morgan fingerprint density at radius 1 is 0.739 bits per heavy atom. The summed E-state index contributed by atoms with van der Waals surface area (Å²) in [6.07, 6.45) is 0. The minimum Gasteiger partial charge on any atom is -0.288 e. The summed E-state index contributed by atoms with van der Waals surface area (Å²) in [4.78, 5) is 17.6. The molecule has 5 rings (SSSR count). The molecule has 0 spiro atoms. The Balaban J connectivity index is 2.13. The van der Waals surface area contributed by atoms with Crippen LogP contribution in [0, 0.1) is 0 Å². The van der Waals surface area contributed by atoms with Gasteiger partial charge in [0.1, 0.15) is 5.65 Å². The Hall–Kier alpha value is -3.20. The van der Waals surface area contributed by atoms with Crippen molar-refractivity contribution in [2.45, 2.75) is 0 Å². The zero-order chi connectivity index (χ0) is 15.4. The van der Waals surface area contributed by atoms with Crippen molar-refractivity contribution in [2.75, 3.05) is 0 Å². The van der Waals surface area contributed by atoms with Crippen LogP contribution in [0.4, 0.5) is 0 Å². The van der Waals surface area contributed by atoms with Gasteiger partial charge in [0.25, 0.3) is 0 Å². The molecule has 3 nitrogen and oxygen atoms in total. The Kier molecular flexibility index (Phi) is 2.36. The number of rotatable bonds is 1. The number of hydrogen-bond donors (Lipinski definition) is 0. The minimum atomic E-state index is 0.0516. The maximum Gasteiger partial charge on any atom is 0.210 e. The lowest BCUT2D eigenvalue weighted by atomic mass is 10.1. The first-order valence-electron chi connectivity index (χ1n) is 7.55. The van der Waals surface area contributed by atoms with Gasteiger partial charge in [-0.05, 0) is 12.1 Å². The van der Waals surface area contributed by atoms with Gasteiger partial charge in [0, 0.05) is 16.3 Å². The fraction of sp³-hybridized carbons (Fsp3) is 0. The summed E-state index contributed by atoms with van der Waals surface area (Å²) in [6, 6.07) is 23.6. The first kappa shape index (κ1) is 12.4. The lowest BCUT2D eigenvalue weighted by molar-refractivity contribution is 1.28. The van der Waals surface area contributed by atoms with Gasteiger partial charge in [0.05, 0.1) is 16.7 Å². The lowest BCUT2D eigenvalue weighted by Gasteiger charge is -2.06. The van der Waals surface area contributed by atoms with E-state index in [-0.39, 0.29) is 5.43 Å². The van der Waals surface area contributed by atoms with Crippen molar-refractivity contribution in [3.05, 3.63) is 83.0 Å². The Labute approximate surface area is 131 Å². The highest BCUT2D eigenvalue weighted by molar-refractivity contribution is 6.06. The smallest absolute Gasteiger partial charge is 0.210 e. The van der Waals surface area contributed by atoms with Crippen molar-refractivity contribution in [3.8, 4) is 11.3 Å². The molecule has 0 amide bonds. The molecule has 0 bridgehead atoms. The predicted octanol–water partition coefficient (Wildman–Crippen LogP) is 4.11. The van der Waals surface area contributed by atoms with Crippen molar-refractivity contribution in [2.24, 2.45) is 0 Å². The third-order valence-electron chi connectivity index (χ3n) is 4.35. The number of imidazole rings is 1. The fourth-order valence-electron chi connectivity index (χ4n) is 3.34. The van der Waals surface area contributed by atoms with Gasteiger partial charge in [-0.1, -0.05) is 60.7 Å². The molecule has 0 saturated heterocycles. The van der Waals surface area contributed by atoms with Gasteiger partial charge in [-0.3, -0.25) is 9.20 Å². The van der Waals surface area contributed by atoms with Crippen LogP contribution in [0.25, 0.3) is 38.7 Å². The summed E-state index contributed by atoms with van der Waals surface area (Å²) in [7, 11) is 0. The molecule has 0 saturated carbocycles. The second kappa shape index (κ2) is 4.40. The van der Waals surface area contributed by atoms with Gasteiger partial charge in [0.15, 0.2) is 0 Å². The fourth-order valence-corrected chi connectivity index (χ4v) is 3.34. The van der Waals surface area contributed by atoms with Crippen LogP contribution in [0.2, 0.25) is 0 Å². The molecule has 3 heterocycles. The van der Waals surface area contributed by atoms with Gasteiger partial charge < -0.3 is 0 Å². The summed E-state index contributed by atoms with van der Waals surface area (Å²) in [6.45, 7) is 0. The zero-order valence-corrected chi connectivity index (χ0v) is 12.2. The van der Waals surface area contributed by atoms with Crippen LogP contribution >= 0.6 is 0 Å². The number of pyridine rings is 2. The van der Waals surface area contributed by atoms with E-state index in [1.807, 2.05) is 65.1 Å². The molecule has 0 aliphatic rings. The van der Waals surface area contributed by atoms with E-state index in [9.17, 15) is 4.79 Å². The number of benzene rings is 2.